The van der Waals surface area contributed by atoms with Gasteiger partial charge in [-0.05, 0) is 54.4 Å². The number of likely N-dealkylation sites (tertiary alicyclic amines) is 1. The lowest BCUT2D eigenvalue weighted by molar-refractivity contribution is -0.143. The second-order valence-electron chi connectivity index (χ2n) is 8.40. The highest BCUT2D eigenvalue weighted by atomic mass is 35.5. The highest BCUT2D eigenvalue weighted by molar-refractivity contribution is 6.36. The van der Waals surface area contributed by atoms with Gasteiger partial charge in [-0.1, -0.05) is 53.5 Å². The molecule has 1 aliphatic heterocycles. The van der Waals surface area contributed by atoms with E-state index < -0.39 is 5.91 Å². The number of carbonyl (C=O) groups is 3. The number of nitrogens with zero attached hydrogens (tertiary/aromatic N) is 1. The summed E-state index contributed by atoms with van der Waals surface area (Å²) in [6, 6.07) is 14.9. The minimum Gasteiger partial charge on any atom is -0.323 e. The van der Waals surface area contributed by atoms with Gasteiger partial charge in [0.2, 0.25) is 17.7 Å². The number of hydrogen-bond acceptors (Lipinski definition) is 3. The van der Waals surface area contributed by atoms with Gasteiger partial charge in [0.1, 0.15) is 6.54 Å². The molecule has 0 spiro atoms. The van der Waals surface area contributed by atoms with Crippen molar-refractivity contribution in [1.82, 2.24) is 4.90 Å². The van der Waals surface area contributed by atoms with Crippen LogP contribution in [0.2, 0.25) is 10.0 Å². The first-order chi connectivity index (χ1) is 14.4. The van der Waals surface area contributed by atoms with Crippen LogP contribution in [-0.2, 0) is 14.4 Å². The lowest BCUT2D eigenvalue weighted by Gasteiger charge is -2.28. The quantitative estimate of drug-likeness (QED) is 0.715. The minimum absolute atomic E-state index is 0.164. The summed E-state index contributed by atoms with van der Waals surface area (Å²) in [5.41, 5.74) is 1.63. The van der Waals surface area contributed by atoms with Gasteiger partial charge < -0.3 is 5.32 Å². The Morgan fingerprint density at radius 3 is 2.47 bits per heavy atom. The number of amides is 3. The summed E-state index contributed by atoms with van der Waals surface area (Å²) in [7, 11) is 0. The molecule has 2 aliphatic carbocycles. The second-order valence-corrected chi connectivity index (χ2v) is 9.24. The Morgan fingerprint density at radius 2 is 1.73 bits per heavy atom. The number of halogens is 2. The van der Waals surface area contributed by atoms with E-state index in [1.165, 1.54) is 11.6 Å². The zero-order valence-corrected chi connectivity index (χ0v) is 17.6. The smallest absolute Gasteiger partial charge is 0.244 e. The maximum Gasteiger partial charge on any atom is 0.244 e. The third-order valence-electron chi connectivity index (χ3n) is 6.84. The molecule has 2 saturated carbocycles. The van der Waals surface area contributed by atoms with Crippen molar-refractivity contribution >= 4 is 46.6 Å². The summed E-state index contributed by atoms with van der Waals surface area (Å²) in [6.07, 6.45) is 1.84. The zero-order chi connectivity index (χ0) is 21.0. The normalized spacial score (nSPS) is 29.4. The largest absolute Gasteiger partial charge is 0.323 e. The molecule has 5 rings (SSSR count). The van der Waals surface area contributed by atoms with Crippen molar-refractivity contribution in [3.63, 3.8) is 0 Å². The van der Waals surface area contributed by atoms with Gasteiger partial charge in [-0.15, -0.1) is 0 Å². The molecular formula is C23H20Cl2N2O3. The Labute approximate surface area is 184 Å². The van der Waals surface area contributed by atoms with Gasteiger partial charge in [0, 0.05) is 5.02 Å². The summed E-state index contributed by atoms with van der Waals surface area (Å²) in [5, 5.41) is 3.43. The number of fused-ring (bicyclic) bond motifs is 5. The van der Waals surface area contributed by atoms with Crippen molar-refractivity contribution in [3.8, 4) is 0 Å². The number of benzene rings is 2. The van der Waals surface area contributed by atoms with E-state index in [9.17, 15) is 14.4 Å². The van der Waals surface area contributed by atoms with Crippen molar-refractivity contribution in [2.75, 3.05) is 11.9 Å². The van der Waals surface area contributed by atoms with Gasteiger partial charge in [0.25, 0.3) is 0 Å². The number of hydrogen-bond donors (Lipinski definition) is 1. The Balaban J connectivity index is 1.31. The average molecular weight is 443 g/mol. The molecule has 2 bridgehead atoms. The van der Waals surface area contributed by atoms with Crippen molar-refractivity contribution in [2.45, 2.75) is 18.8 Å². The molecule has 3 amide bonds. The first-order valence-electron chi connectivity index (χ1n) is 10.1. The van der Waals surface area contributed by atoms with E-state index in [-0.39, 0.29) is 42.0 Å². The van der Waals surface area contributed by atoms with Crippen LogP contribution in [0.3, 0.4) is 0 Å². The maximum absolute atomic E-state index is 13.1. The highest BCUT2D eigenvalue weighted by Crippen LogP contribution is 2.61. The molecule has 7 heteroatoms. The average Bonchev–Trinajstić information content (AvgIpc) is 3.39. The van der Waals surface area contributed by atoms with Crippen molar-refractivity contribution in [2.24, 2.45) is 23.7 Å². The van der Waals surface area contributed by atoms with Gasteiger partial charge in [-0.25, -0.2) is 0 Å². The lowest BCUT2D eigenvalue weighted by Crippen LogP contribution is -2.39. The topological polar surface area (TPSA) is 66.5 Å². The van der Waals surface area contributed by atoms with Crippen molar-refractivity contribution in [3.05, 3.63) is 64.1 Å². The van der Waals surface area contributed by atoms with E-state index in [2.05, 4.69) is 17.4 Å². The van der Waals surface area contributed by atoms with Crippen molar-refractivity contribution < 1.29 is 14.4 Å². The molecule has 0 radical (unpaired) electrons. The summed E-state index contributed by atoms with van der Waals surface area (Å²) in [5.74, 6) is -0.790. The molecule has 3 fully saturated rings. The third kappa shape index (κ3) is 3.12. The van der Waals surface area contributed by atoms with Crippen LogP contribution in [0.25, 0.3) is 0 Å². The number of rotatable bonds is 4. The van der Waals surface area contributed by atoms with Gasteiger partial charge in [-0.2, -0.15) is 0 Å². The number of imide groups is 1. The van der Waals surface area contributed by atoms with Crippen LogP contribution < -0.4 is 5.32 Å². The summed E-state index contributed by atoms with van der Waals surface area (Å²) < 4.78 is 0. The molecule has 5 nitrogen and oxygen atoms in total. The molecule has 30 heavy (non-hydrogen) atoms. The van der Waals surface area contributed by atoms with E-state index in [1.54, 1.807) is 12.1 Å². The third-order valence-corrected chi connectivity index (χ3v) is 7.39. The highest BCUT2D eigenvalue weighted by Gasteiger charge is 2.63. The molecule has 1 saturated heterocycles. The second kappa shape index (κ2) is 7.40. The minimum atomic E-state index is -0.451. The first-order valence-corrected chi connectivity index (χ1v) is 10.8. The Hall–Kier alpha value is -2.37. The van der Waals surface area contributed by atoms with Gasteiger partial charge in [-0.3, -0.25) is 19.3 Å². The Kier molecular flexibility index (Phi) is 4.83. The zero-order valence-electron chi connectivity index (χ0n) is 16.1. The van der Waals surface area contributed by atoms with E-state index in [1.807, 2.05) is 18.2 Å². The SMILES string of the molecule is O=C(CN1C(=O)[C@@H]2[C@@H]3C[C@@H]([C@@H]2C1=O)[C@@H](c1ccccc1)C3)Nc1ccc(Cl)cc1Cl. The fourth-order valence-corrected chi connectivity index (χ4v) is 6.14. The standard InChI is InChI=1S/C23H20Cl2N2O3/c24-14-6-7-18(17(25)10-14)26-19(28)11-27-22(29)20-13-8-15(12-4-2-1-3-5-12)16(9-13)21(20)23(27)30/h1-7,10,13,15-16,20-21H,8-9,11H2,(H,26,28)/t13-,15+,16+,20+,21-/m0/s1. The van der Waals surface area contributed by atoms with Gasteiger partial charge in [0.15, 0.2) is 0 Å². The summed E-state index contributed by atoms with van der Waals surface area (Å²) in [6.45, 7) is -0.293. The molecular weight excluding hydrogens is 423 g/mol. The molecule has 1 N–H and O–H groups in total. The van der Waals surface area contributed by atoms with Crippen molar-refractivity contribution in [1.29, 1.82) is 0 Å². The van der Waals surface area contributed by atoms with Crippen LogP contribution in [0.1, 0.15) is 24.3 Å². The number of anilines is 1. The predicted octanol–water partition coefficient (Wildman–Crippen LogP) is 4.36. The van der Waals surface area contributed by atoms with E-state index >= 15 is 0 Å². The van der Waals surface area contributed by atoms with Crippen LogP contribution in [0.15, 0.2) is 48.5 Å². The van der Waals surface area contributed by atoms with E-state index in [4.69, 9.17) is 23.2 Å². The molecule has 0 aromatic heterocycles. The van der Waals surface area contributed by atoms with Crippen LogP contribution in [-0.4, -0.2) is 29.2 Å². The fourth-order valence-electron chi connectivity index (χ4n) is 5.68. The van der Waals surface area contributed by atoms with E-state index in [0.29, 0.717) is 21.7 Å². The lowest BCUT2D eigenvalue weighted by atomic mass is 9.73. The molecule has 3 aliphatic rings. The first kappa shape index (κ1) is 19.6. The van der Waals surface area contributed by atoms with Gasteiger partial charge >= 0.3 is 0 Å². The monoisotopic (exact) mass is 442 g/mol. The molecule has 154 valence electrons. The van der Waals surface area contributed by atoms with Crippen LogP contribution >= 0.6 is 23.2 Å². The fraction of sp³-hybridized carbons (Fsp3) is 0.348. The molecule has 5 atom stereocenters. The maximum atomic E-state index is 13.1. The van der Waals surface area contributed by atoms with Crippen LogP contribution in [0.4, 0.5) is 5.69 Å². The van der Waals surface area contributed by atoms with E-state index in [0.717, 1.165) is 17.7 Å². The Bertz CT molecular complexity index is 1040. The molecule has 1 heterocycles. The molecule has 2 aromatic carbocycles. The van der Waals surface area contributed by atoms with Gasteiger partial charge in [0.05, 0.1) is 22.5 Å². The predicted molar refractivity (Wildman–Crippen MR) is 114 cm³/mol. The molecule has 2 aromatic rings. The van der Waals surface area contributed by atoms with Crippen LogP contribution in [0.5, 0.6) is 0 Å². The number of carbonyl (C=O) groups excluding carboxylic acids is 3. The summed E-state index contributed by atoms with van der Waals surface area (Å²) in [4.78, 5) is 39.8. The Morgan fingerprint density at radius 1 is 1.00 bits per heavy atom. The van der Waals surface area contributed by atoms with Crippen LogP contribution in [0, 0.1) is 23.7 Å². The molecule has 0 unspecified atom stereocenters. The summed E-state index contributed by atoms with van der Waals surface area (Å²) >= 11 is 12.0. The number of nitrogens with one attached hydrogen (secondary N) is 1.